The van der Waals surface area contributed by atoms with E-state index in [4.69, 9.17) is 9.15 Å². The average molecular weight is 396 g/mol. The monoisotopic (exact) mass is 396 g/mol. The lowest BCUT2D eigenvalue weighted by Gasteiger charge is -2.07. The largest absolute Gasteiger partial charge is 0.449 e. The van der Waals surface area contributed by atoms with E-state index in [0.29, 0.717) is 5.89 Å². The number of esters is 1. The second kappa shape index (κ2) is 8.09. The van der Waals surface area contributed by atoms with Gasteiger partial charge in [-0.15, -0.1) is 10.2 Å². The number of hydrogen-bond donors (Lipinski definition) is 0. The standard InChI is InChI=1S/C20H20N4O5/c1-12-6-5-7-14(10-12)18-22-21-17(29-18)13(2)28-16(25)9-8-15-11-23(3)20(27)24(4)19(15)26/h5-11,13H,1-4H3/b9-8+. The van der Waals surface area contributed by atoms with Crippen molar-refractivity contribution in [3.8, 4) is 11.5 Å². The summed E-state index contributed by atoms with van der Waals surface area (Å²) < 4.78 is 13.1. The third-order valence-electron chi connectivity index (χ3n) is 4.22. The molecule has 9 nitrogen and oxygen atoms in total. The van der Waals surface area contributed by atoms with Gasteiger partial charge in [0.2, 0.25) is 5.89 Å². The lowest BCUT2D eigenvalue weighted by Crippen LogP contribution is -2.37. The van der Waals surface area contributed by atoms with E-state index in [-0.39, 0.29) is 11.5 Å². The number of aryl methyl sites for hydroxylation is 2. The van der Waals surface area contributed by atoms with Gasteiger partial charge in [0.1, 0.15) is 0 Å². The van der Waals surface area contributed by atoms with Crippen LogP contribution in [0.15, 0.2) is 50.5 Å². The van der Waals surface area contributed by atoms with E-state index < -0.39 is 23.3 Å². The minimum absolute atomic E-state index is 0.154. The van der Waals surface area contributed by atoms with Crippen LogP contribution in [0.1, 0.15) is 30.0 Å². The van der Waals surface area contributed by atoms with E-state index in [2.05, 4.69) is 10.2 Å². The maximum Gasteiger partial charge on any atom is 0.331 e. The Morgan fingerprint density at radius 1 is 1.24 bits per heavy atom. The summed E-state index contributed by atoms with van der Waals surface area (Å²) in [4.78, 5) is 35.9. The normalized spacial score (nSPS) is 12.3. The summed E-state index contributed by atoms with van der Waals surface area (Å²) in [6.45, 7) is 3.56. The first-order valence-corrected chi connectivity index (χ1v) is 8.82. The van der Waals surface area contributed by atoms with Crippen LogP contribution in [0.4, 0.5) is 0 Å². The van der Waals surface area contributed by atoms with Gasteiger partial charge in [0.05, 0.1) is 5.56 Å². The Hall–Kier alpha value is -3.75. The number of benzene rings is 1. The predicted octanol–water partition coefficient (Wildman–Crippen LogP) is 1.76. The van der Waals surface area contributed by atoms with Gasteiger partial charge in [-0.25, -0.2) is 9.59 Å². The van der Waals surface area contributed by atoms with Gasteiger partial charge in [-0.2, -0.15) is 0 Å². The highest BCUT2D eigenvalue weighted by Crippen LogP contribution is 2.23. The molecule has 0 bridgehead atoms. The zero-order valence-electron chi connectivity index (χ0n) is 16.4. The fourth-order valence-electron chi connectivity index (χ4n) is 2.67. The summed E-state index contributed by atoms with van der Waals surface area (Å²) in [6.07, 6.45) is 2.98. The molecule has 1 aromatic carbocycles. The van der Waals surface area contributed by atoms with Crippen molar-refractivity contribution in [3.05, 3.63) is 74.4 Å². The maximum absolute atomic E-state index is 12.1. The Bertz CT molecular complexity index is 1200. The van der Waals surface area contributed by atoms with E-state index in [9.17, 15) is 14.4 Å². The second-order valence-corrected chi connectivity index (χ2v) is 6.57. The molecule has 2 heterocycles. The van der Waals surface area contributed by atoms with E-state index in [1.165, 1.54) is 30.9 Å². The average Bonchev–Trinajstić information content (AvgIpc) is 3.18. The van der Waals surface area contributed by atoms with Gasteiger partial charge in [-0.05, 0) is 32.1 Å². The number of carbonyl (C=O) groups excluding carboxylic acids is 1. The van der Waals surface area contributed by atoms with Crippen LogP contribution >= 0.6 is 0 Å². The van der Waals surface area contributed by atoms with E-state index in [1.807, 2.05) is 31.2 Å². The van der Waals surface area contributed by atoms with Crippen molar-refractivity contribution in [2.75, 3.05) is 0 Å². The molecular weight excluding hydrogens is 376 g/mol. The highest BCUT2D eigenvalue weighted by molar-refractivity contribution is 5.87. The van der Waals surface area contributed by atoms with Crippen molar-refractivity contribution in [1.29, 1.82) is 0 Å². The first-order valence-electron chi connectivity index (χ1n) is 8.82. The summed E-state index contributed by atoms with van der Waals surface area (Å²) in [6, 6.07) is 7.59. The Balaban J connectivity index is 1.71. The number of nitrogens with zero attached hydrogens (tertiary/aromatic N) is 4. The molecule has 0 saturated heterocycles. The van der Waals surface area contributed by atoms with Crippen LogP contribution in [0.25, 0.3) is 17.5 Å². The third kappa shape index (κ3) is 4.40. The summed E-state index contributed by atoms with van der Waals surface area (Å²) >= 11 is 0. The Morgan fingerprint density at radius 2 is 2.00 bits per heavy atom. The third-order valence-corrected chi connectivity index (χ3v) is 4.22. The van der Waals surface area contributed by atoms with Crippen molar-refractivity contribution >= 4 is 12.0 Å². The van der Waals surface area contributed by atoms with Crippen molar-refractivity contribution < 1.29 is 13.9 Å². The van der Waals surface area contributed by atoms with Gasteiger partial charge in [0.15, 0.2) is 6.10 Å². The summed E-state index contributed by atoms with van der Waals surface area (Å²) in [5.74, 6) is -0.208. The van der Waals surface area contributed by atoms with E-state index in [0.717, 1.165) is 21.8 Å². The van der Waals surface area contributed by atoms with Crippen LogP contribution in [-0.2, 0) is 23.6 Å². The van der Waals surface area contributed by atoms with Gasteiger partial charge >= 0.3 is 11.7 Å². The van der Waals surface area contributed by atoms with Crippen LogP contribution in [-0.4, -0.2) is 25.3 Å². The highest BCUT2D eigenvalue weighted by Gasteiger charge is 2.18. The predicted molar refractivity (Wildman–Crippen MR) is 105 cm³/mol. The minimum atomic E-state index is -0.777. The van der Waals surface area contributed by atoms with E-state index >= 15 is 0 Å². The molecule has 29 heavy (non-hydrogen) atoms. The molecule has 0 radical (unpaired) electrons. The van der Waals surface area contributed by atoms with Crippen molar-refractivity contribution in [2.24, 2.45) is 14.1 Å². The van der Waals surface area contributed by atoms with Gasteiger partial charge in [0.25, 0.3) is 11.4 Å². The molecular formula is C20H20N4O5. The van der Waals surface area contributed by atoms with Gasteiger partial charge in [0, 0.05) is 31.9 Å². The molecule has 0 spiro atoms. The van der Waals surface area contributed by atoms with E-state index in [1.54, 1.807) is 6.92 Å². The Labute approximate surface area is 165 Å². The van der Waals surface area contributed by atoms with Crippen molar-refractivity contribution in [1.82, 2.24) is 19.3 Å². The highest BCUT2D eigenvalue weighted by atomic mass is 16.6. The summed E-state index contributed by atoms with van der Waals surface area (Å²) in [5, 5.41) is 7.92. The number of hydrogen-bond acceptors (Lipinski definition) is 7. The minimum Gasteiger partial charge on any atom is -0.449 e. The van der Waals surface area contributed by atoms with Gasteiger partial charge in [-0.1, -0.05) is 17.7 Å². The van der Waals surface area contributed by atoms with Crippen LogP contribution in [0.2, 0.25) is 0 Å². The molecule has 0 saturated carbocycles. The molecule has 0 aliphatic carbocycles. The first kappa shape index (κ1) is 20.0. The summed E-state index contributed by atoms with van der Waals surface area (Å²) in [5.41, 5.74) is 1.04. The molecule has 1 unspecified atom stereocenters. The molecule has 0 aliphatic heterocycles. The summed E-state index contributed by atoms with van der Waals surface area (Å²) in [7, 11) is 2.88. The first-order chi connectivity index (χ1) is 13.8. The number of aromatic nitrogens is 4. The molecule has 9 heteroatoms. The van der Waals surface area contributed by atoms with Crippen molar-refractivity contribution in [2.45, 2.75) is 20.0 Å². The van der Waals surface area contributed by atoms with Gasteiger partial charge in [-0.3, -0.25) is 9.36 Å². The maximum atomic E-state index is 12.1. The Morgan fingerprint density at radius 3 is 2.72 bits per heavy atom. The molecule has 150 valence electrons. The molecule has 2 aromatic heterocycles. The number of ether oxygens (including phenoxy) is 1. The van der Waals surface area contributed by atoms with Crippen LogP contribution in [0, 0.1) is 6.92 Å². The molecule has 0 fully saturated rings. The molecule has 0 amide bonds. The second-order valence-electron chi connectivity index (χ2n) is 6.57. The van der Waals surface area contributed by atoms with Crippen LogP contribution in [0.3, 0.4) is 0 Å². The number of carbonyl (C=O) groups is 1. The SMILES string of the molecule is Cc1cccc(-c2nnc(C(C)OC(=O)/C=C/c3cn(C)c(=O)n(C)c3=O)o2)c1. The van der Waals surface area contributed by atoms with Gasteiger partial charge < -0.3 is 13.7 Å². The molecule has 0 N–H and O–H groups in total. The fraction of sp³-hybridized carbons (Fsp3) is 0.250. The lowest BCUT2D eigenvalue weighted by atomic mass is 10.1. The lowest BCUT2D eigenvalue weighted by molar-refractivity contribution is -0.143. The molecule has 0 aliphatic rings. The topological polar surface area (TPSA) is 109 Å². The molecule has 1 atom stereocenters. The zero-order chi connectivity index (χ0) is 21.1. The number of rotatable bonds is 5. The quantitative estimate of drug-likeness (QED) is 0.477. The zero-order valence-corrected chi connectivity index (χ0v) is 16.4. The van der Waals surface area contributed by atoms with Crippen LogP contribution in [0.5, 0.6) is 0 Å². The fourth-order valence-corrected chi connectivity index (χ4v) is 2.67. The van der Waals surface area contributed by atoms with Crippen molar-refractivity contribution in [3.63, 3.8) is 0 Å². The Kier molecular flexibility index (Phi) is 5.58. The van der Waals surface area contributed by atoms with Crippen LogP contribution < -0.4 is 11.2 Å². The molecule has 3 rings (SSSR count). The smallest absolute Gasteiger partial charge is 0.331 e. The molecule has 3 aromatic rings.